The van der Waals surface area contributed by atoms with Crippen molar-refractivity contribution in [3.05, 3.63) is 83.9 Å². The van der Waals surface area contributed by atoms with E-state index in [1.54, 1.807) is 0 Å². The highest BCUT2D eigenvalue weighted by Gasteiger charge is 2.09. The van der Waals surface area contributed by atoms with Crippen LogP contribution in [0.5, 0.6) is 0 Å². The minimum absolute atomic E-state index is 0.0137. The first-order chi connectivity index (χ1) is 12.3. The van der Waals surface area contributed by atoms with E-state index in [0.717, 1.165) is 34.6 Å². The van der Waals surface area contributed by atoms with Gasteiger partial charge in [-0.2, -0.15) is 0 Å². The predicted molar refractivity (Wildman–Crippen MR) is 103 cm³/mol. The van der Waals surface area contributed by atoms with Gasteiger partial charge in [0.25, 0.3) is 5.91 Å². The van der Waals surface area contributed by atoms with Gasteiger partial charge in [0.15, 0.2) is 0 Å². The summed E-state index contributed by atoms with van der Waals surface area (Å²) < 4.78 is 0. The number of aryl methyl sites for hydroxylation is 1. The van der Waals surface area contributed by atoms with E-state index in [0.29, 0.717) is 12.1 Å². The zero-order valence-electron chi connectivity index (χ0n) is 14.0. The van der Waals surface area contributed by atoms with Crippen LogP contribution in [0.15, 0.2) is 72.8 Å². The van der Waals surface area contributed by atoms with Crippen LogP contribution in [0.3, 0.4) is 0 Å². The van der Waals surface area contributed by atoms with E-state index in [9.17, 15) is 4.79 Å². The molecule has 124 valence electrons. The van der Waals surface area contributed by atoms with E-state index in [1.807, 2.05) is 48.5 Å². The van der Waals surface area contributed by atoms with Crippen LogP contribution in [-0.4, -0.2) is 17.4 Å². The third kappa shape index (κ3) is 3.26. The Morgan fingerprint density at radius 1 is 0.840 bits per heavy atom. The highest BCUT2D eigenvalue weighted by atomic mass is 16.1. The Labute approximate surface area is 146 Å². The van der Waals surface area contributed by atoms with Crippen LogP contribution in [0.4, 0.5) is 0 Å². The Morgan fingerprint density at radius 3 is 2.48 bits per heavy atom. The van der Waals surface area contributed by atoms with E-state index in [4.69, 9.17) is 0 Å². The Hall–Kier alpha value is -3.07. The van der Waals surface area contributed by atoms with Gasteiger partial charge in [-0.1, -0.05) is 48.5 Å². The molecule has 1 heterocycles. The zero-order chi connectivity index (χ0) is 17.1. The van der Waals surface area contributed by atoms with Crippen LogP contribution in [0, 0.1) is 0 Å². The molecule has 0 saturated heterocycles. The smallest absolute Gasteiger partial charge is 0.251 e. The van der Waals surface area contributed by atoms with Crippen LogP contribution in [0.25, 0.3) is 21.8 Å². The SMILES string of the molecule is O=C(NCCCc1ccccc1)c1ccc2[nH]c3ccccc3c2c1. The molecule has 1 amide bonds. The lowest BCUT2D eigenvalue weighted by molar-refractivity contribution is 0.0953. The third-order valence-electron chi connectivity index (χ3n) is 4.54. The number of aromatic amines is 1. The molecule has 0 aliphatic carbocycles. The lowest BCUT2D eigenvalue weighted by Crippen LogP contribution is -2.24. The number of fused-ring (bicyclic) bond motifs is 3. The first-order valence-corrected chi connectivity index (χ1v) is 8.64. The summed E-state index contributed by atoms with van der Waals surface area (Å²) in [7, 11) is 0. The molecule has 0 aliphatic rings. The molecular formula is C22H20N2O. The summed E-state index contributed by atoms with van der Waals surface area (Å²) in [6.07, 6.45) is 1.91. The van der Waals surface area contributed by atoms with Crippen LogP contribution in [0.2, 0.25) is 0 Å². The molecule has 0 saturated carbocycles. The second kappa shape index (κ2) is 6.81. The number of hydrogen-bond acceptors (Lipinski definition) is 1. The van der Waals surface area contributed by atoms with Gasteiger partial charge in [0.1, 0.15) is 0 Å². The first-order valence-electron chi connectivity index (χ1n) is 8.64. The van der Waals surface area contributed by atoms with Crippen molar-refractivity contribution in [2.45, 2.75) is 12.8 Å². The lowest BCUT2D eigenvalue weighted by Gasteiger charge is -2.06. The van der Waals surface area contributed by atoms with E-state index in [-0.39, 0.29) is 5.91 Å². The van der Waals surface area contributed by atoms with Crippen molar-refractivity contribution in [1.29, 1.82) is 0 Å². The summed E-state index contributed by atoms with van der Waals surface area (Å²) in [5.41, 5.74) is 4.16. The summed E-state index contributed by atoms with van der Waals surface area (Å²) in [4.78, 5) is 15.8. The van der Waals surface area contributed by atoms with E-state index in [1.165, 1.54) is 5.56 Å². The second-order valence-electron chi connectivity index (χ2n) is 6.28. The molecule has 2 N–H and O–H groups in total. The second-order valence-corrected chi connectivity index (χ2v) is 6.28. The average molecular weight is 328 g/mol. The first kappa shape index (κ1) is 15.5. The highest BCUT2D eigenvalue weighted by Crippen LogP contribution is 2.25. The van der Waals surface area contributed by atoms with Crippen molar-refractivity contribution < 1.29 is 4.79 Å². The summed E-state index contributed by atoms with van der Waals surface area (Å²) >= 11 is 0. The number of carbonyl (C=O) groups is 1. The number of amides is 1. The fraction of sp³-hybridized carbons (Fsp3) is 0.136. The minimum Gasteiger partial charge on any atom is -0.355 e. The van der Waals surface area contributed by atoms with Crippen LogP contribution < -0.4 is 5.32 Å². The van der Waals surface area contributed by atoms with Gasteiger partial charge in [0.2, 0.25) is 0 Å². The molecule has 0 spiro atoms. The maximum Gasteiger partial charge on any atom is 0.251 e. The summed E-state index contributed by atoms with van der Waals surface area (Å²) in [6.45, 7) is 0.680. The summed E-state index contributed by atoms with van der Waals surface area (Å²) in [6, 6.07) is 24.3. The van der Waals surface area contributed by atoms with Crippen LogP contribution >= 0.6 is 0 Å². The van der Waals surface area contributed by atoms with Gasteiger partial charge in [-0.05, 0) is 42.7 Å². The summed E-state index contributed by atoms with van der Waals surface area (Å²) in [5.74, 6) is -0.0137. The van der Waals surface area contributed by atoms with Gasteiger partial charge in [0, 0.05) is 33.9 Å². The monoisotopic (exact) mass is 328 g/mol. The maximum atomic E-state index is 12.4. The van der Waals surface area contributed by atoms with E-state index >= 15 is 0 Å². The zero-order valence-corrected chi connectivity index (χ0v) is 14.0. The predicted octanol–water partition coefficient (Wildman–Crippen LogP) is 4.68. The van der Waals surface area contributed by atoms with Crippen molar-refractivity contribution in [2.24, 2.45) is 0 Å². The number of aromatic nitrogens is 1. The van der Waals surface area contributed by atoms with Crippen LogP contribution in [0.1, 0.15) is 22.3 Å². The third-order valence-corrected chi connectivity index (χ3v) is 4.54. The maximum absolute atomic E-state index is 12.4. The minimum atomic E-state index is -0.0137. The molecule has 4 rings (SSSR count). The number of rotatable bonds is 5. The van der Waals surface area contributed by atoms with Gasteiger partial charge in [-0.3, -0.25) is 4.79 Å². The molecule has 0 bridgehead atoms. The standard InChI is InChI=1S/C22H20N2O/c25-22(23-14-6-9-16-7-2-1-3-8-16)17-12-13-21-19(15-17)18-10-4-5-11-20(18)24-21/h1-5,7-8,10-13,15,24H,6,9,14H2,(H,23,25). The fourth-order valence-corrected chi connectivity index (χ4v) is 3.23. The summed E-state index contributed by atoms with van der Waals surface area (Å²) in [5, 5.41) is 5.26. The number of benzene rings is 3. The average Bonchev–Trinajstić information content (AvgIpc) is 3.04. The highest BCUT2D eigenvalue weighted by molar-refractivity contribution is 6.09. The largest absolute Gasteiger partial charge is 0.355 e. The number of carbonyl (C=O) groups excluding carboxylic acids is 1. The molecule has 1 aromatic heterocycles. The molecule has 3 nitrogen and oxygen atoms in total. The Bertz CT molecular complexity index is 1020. The molecule has 25 heavy (non-hydrogen) atoms. The van der Waals surface area contributed by atoms with Crippen molar-refractivity contribution in [3.63, 3.8) is 0 Å². The van der Waals surface area contributed by atoms with Gasteiger partial charge >= 0.3 is 0 Å². The van der Waals surface area contributed by atoms with Gasteiger partial charge in [-0.15, -0.1) is 0 Å². The number of nitrogens with one attached hydrogen (secondary N) is 2. The van der Waals surface area contributed by atoms with Crippen molar-refractivity contribution in [2.75, 3.05) is 6.54 Å². The van der Waals surface area contributed by atoms with Crippen molar-refractivity contribution in [3.8, 4) is 0 Å². The fourth-order valence-electron chi connectivity index (χ4n) is 3.23. The van der Waals surface area contributed by atoms with Gasteiger partial charge in [-0.25, -0.2) is 0 Å². The molecule has 4 aromatic rings. The van der Waals surface area contributed by atoms with Crippen molar-refractivity contribution in [1.82, 2.24) is 10.3 Å². The van der Waals surface area contributed by atoms with Crippen LogP contribution in [-0.2, 0) is 6.42 Å². The molecule has 0 aliphatic heterocycles. The molecule has 3 aromatic carbocycles. The molecular weight excluding hydrogens is 308 g/mol. The van der Waals surface area contributed by atoms with Crippen molar-refractivity contribution >= 4 is 27.7 Å². The van der Waals surface area contributed by atoms with Gasteiger partial charge < -0.3 is 10.3 Å². The molecule has 0 atom stereocenters. The van der Waals surface area contributed by atoms with Gasteiger partial charge in [0.05, 0.1) is 0 Å². The normalized spacial score (nSPS) is 11.0. The lowest BCUT2D eigenvalue weighted by atomic mass is 10.1. The van der Waals surface area contributed by atoms with E-state index in [2.05, 4.69) is 34.6 Å². The molecule has 3 heteroatoms. The Balaban J connectivity index is 1.44. The number of hydrogen-bond donors (Lipinski definition) is 2. The Morgan fingerprint density at radius 2 is 1.60 bits per heavy atom. The number of para-hydroxylation sites is 1. The molecule has 0 unspecified atom stereocenters. The quantitative estimate of drug-likeness (QED) is 0.513. The molecule has 0 fully saturated rings. The number of H-pyrrole nitrogens is 1. The van der Waals surface area contributed by atoms with E-state index < -0.39 is 0 Å². The Kier molecular flexibility index (Phi) is 4.21. The topological polar surface area (TPSA) is 44.9 Å². The molecule has 0 radical (unpaired) electrons.